The van der Waals surface area contributed by atoms with Gasteiger partial charge in [0.2, 0.25) is 0 Å². The molecule has 1 saturated heterocycles. The van der Waals surface area contributed by atoms with Crippen molar-refractivity contribution in [3.8, 4) is 5.82 Å². The molecule has 2 fully saturated rings. The molecule has 1 aromatic carbocycles. The smallest absolute Gasteiger partial charge is 0.140 e. The Kier molecular flexibility index (Phi) is 7.61. The van der Waals surface area contributed by atoms with Crippen LogP contribution in [0.4, 0.5) is 5.69 Å². The van der Waals surface area contributed by atoms with Gasteiger partial charge in [0.15, 0.2) is 0 Å². The number of piperidine rings is 1. The van der Waals surface area contributed by atoms with E-state index in [9.17, 15) is 4.21 Å². The Labute approximate surface area is 194 Å². The number of hydrogen-bond donors (Lipinski definition) is 0. The van der Waals surface area contributed by atoms with Crippen LogP contribution >= 0.6 is 0 Å². The van der Waals surface area contributed by atoms with Crippen molar-refractivity contribution in [3.63, 3.8) is 0 Å². The maximum atomic E-state index is 11.7. The second-order valence-corrected chi connectivity index (χ2v) is 10.9. The third-order valence-electron chi connectivity index (χ3n) is 6.86. The standard InChI is InChI=1S/C19H22N4OS.C7H14/c1-14-20-10-6-19(21-14)23-13-9-16-17(4-3-5-18(16)23)22-11-7-15(8-12-22)25(2)24;1-7-5-3-2-4-6-7/h3-6,9-10,13,15H,7-8,11-12H2,1-2H3;7H,2-6H2,1H3. The van der Waals surface area contributed by atoms with Crippen molar-refractivity contribution in [2.75, 3.05) is 24.2 Å². The Morgan fingerprint density at radius 1 is 1.00 bits per heavy atom. The molecule has 0 radical (unpaired) electrons. The Morgan fingerprint density at radius 3 is 2.38 bits per heavy atom. The second kappa shape index (κ2) is 10.6. The summed E-state index contributed by atoms with van der Waals surface area (Å²) in [6.07, 6.45) is 15.1. The normalized spacial score (nSPS) is 18.9. The van der Waals surface area contributed by atoms with Gasteiger partial charge in [-0.15, -0.1) is 0 Å². The van der Waals surface area contributed by atoms with Crippen LogP contribution < -0.4 is 4.90 Å². The lowest BCUT2D eigenvalue weighted by atomic mass is 9.91. The first kappa shape index (κ1) is 23.0. The predicted octanol–water partition coefficient (Wildman–Crippen LogP) is 5.66. The summed E-state index contributed by atoms with van der Waals surface area (Å²) in [6, 6.07) is 10.5. The highest BCUT2D eigenvalue weighted by molar-refractivity contribution is 7.84. The van der Waals surface area contributed by atoms with Crippen LogP contribution in [0.1, 0.15) is 57.7 Å². The Bertz CT molecular complexity index is 1050. The highest BCUT2D eigenvalue weighted by Gasteiger charge is 2.23. The highest BCUT2D eigenvalue weighted by Crippen LogP contribution is 2.31. The average molecular weight is 453 g/mol. The summed E-state index contributed by atoms with van der Waals surface area (Å²) < 4.78 is 13.8. The molecule has 2 aliphatic rings. The van der Waals surface area contributed by atoms with Crippen LogP contribution in [-0.4, -0.2) is 43.3 Å². The van der Waals surface area contributed by atoms with Gasteiger partial charge >= 0.3 is 0 Å². The molecule has 5 nitrogen and oxygen atoms in total. The first-order valence-corrected chi connectivity index (χ1v) is 13.6. The zero-order valence-corrected chi connectivity index (χ0v) is 20.5. The summed E-state index contributed by atoms with van der Waals surface area (Å²) in [5, 5.41) is 1.57. The molecule has 32 heavy (non-hydrogen) atoms. The van der Waals surface area contributed by atoms with E-state index < -0.39 is 10.8 Å². The van der Waals surface area contributed by atoms with E-state index in [1.165, 1.54) is 43.2 Å². The maximum absolute atomic E-state index is 11.7. The van der Waals surface area contributed by atoms with E-state index in [4.69, 9.17) is 0 Å². The number of hydrogen-bond acceptors (Lipinski definition) is 4. The van der Waals surface area contributed by atoms with Crippen LogP contribution in [0.15, 0.2) is 42.7 Å². The van der Waals surface area contributed by atoms with Crippen molar-refractivity contribution >= 4 is 27.4 Å². The van der Waals surface area contributed by atoms with E-state index in [1.807, 2.05) is 19.2 Å². The molecule has 1 atom stereocenters. The fraction of sp³-hybridized carbons (Fsp3) is 0.538. The summed E-state index contributed by atoms with van der Waals surface area (Å²) in [6.45, 7) is 6.18. The minimum atomic E-state index is -0.719. The highest BCUT2D eigenvalue weighted by atomic mass is 32.2. The predicted molar refractivity (Wildman–Crippen MR) is 135 cm³/mol. The van der Waals surface area contributed by atoms with Gasteiger partial charge in [-0.3, -0.25) is 4.21 Å². The number of fused-ring (bicyclic) bond motifs is 1. The number of rotatable bonds is 3. The Balaban J connectivity index is 0.000000300. The van der Waals surface area contributed by atoms with E-state index >= 15 is 0 Å². The minimum Gasteiger partial charge on any atom is -0.371 e. The van der Waals surface area contributed by atoms with E-state index in [0.29, 0.717) is 5.25 Å². The van der Waals surface area contributed by atoms with Crippen molar-refractivity contribution in [3.05, 3.63) is 48.5 Å². The van der Waals surface area contributed by atoms with Crippen LogP contribution in [0.5, 0.6) is 0 Å². The van der Waals surface area contributed by atoms with Gasteiger partial charge in [-0.2, -0.15) is 0 Å². The summed E-state index contributed by atoms with van der Waals surface area (Å²) in [5.41, 5.74) is 2.40. The van der Waals surface area contributed by atoms with Gasteiger partial charge < -0.3 is 9.47 Å². The minimum absolute atomic E-state index is 0.337. The Hall–Kier alpha value is -2.21. The van der Waals surface area contributed by atoms with Gasteiger partial charge in [0.25, 0.3) is 0 Å². The topological polar surface area (TPSA) is 51.0 Å². The number of aryl methyl sites for hydroxylation is 1. The molecule has 172 valence electrons. The first-order valence-electron chi connectivity index (χ1n) is 12.0. The lowest BCUT2D eigenvalue weighted by molar-refractivity contribution is 0.385. The van der Waals surface area contributed by atoms with Crippen molar-refractivity contribution in [1.82, 2.24) is 14.5 Å². The lowest BCUT2D eigenvalue weighted by Gasteiger charge is -2.33. The third-order valence-corrected chi connectivity index (χ3v) is 8.27. The van der Waals surface area contributed by atoms with Crippen molar-refractivity contribution in [1.29, 1.82) is 0 Å². The van der Waals surface area contributed by atoms with E-state index in [0.717, 1.165) is 49.0 Å². The SMILES string of the molecule is CC1CCCCC1.Cc1nccc(-n2ccc3c(N4CCC(S(C)=O)CC4)cccc32)n1. The van der Waals surface area contributed by atoms with Crippen LogP contribution in [-0.2, 0) is 10.8 Å². The quantitative estimate of drug-likeness (QED) is 0.514. The molecule has 0 bridgehead atoms. The summed E-state index contributed by atoms with van der Waals surface area (Å²) in [5.74, 6) is 2.69. The maximum Gasteiger partial charge on any atom is 0.140 e. The fourth-order valence-electron chi connectivity index (χ4n) is 4.94. The molecule has 6 heteroatoms. The number of benzene rings is 1. The molecule has 3 aromatic rings. The molecule has 5 rings (SSSR count). The number of nitrogens with zero attached hydrogens (tertiary/aromatic N) is 4. The van der Waals surface area contributed by atoms with Gasteiger partial charge in [0.1, 0.15) is 11.6 Å². The van der Waals surface area contributed by atoms with Crippen molar-refractivity contribution in [2.45, 2.75) is 64.0 Å². The van der Waals surface area contributed by atoms with Crippen LogP contribution in [0.2, 0.25) is 0 Å². The first-order chi connectivity index (χ1) is 15.5. The third kappa shape index (κ3) is 5.40. The van der Waals surface area contributed by atoms with Gasteiger partial charge in [0, 0.05) is 58.9 Å². The van der Waals surface area contributed by atoms with Crippen molar-refractivity contribution in [2.24, 2.45) is 5.92 Å². The zero-order valence-electron chi connectivity index (χ0n) is 19.7. The van der Waals surface area contributed by atoms with Gasteiger partial charge in [-0.25, -0.2) is 9.97 Å². The van der Waals surface area contributed by atoms with Gasteiger partial charge in [-0.05, 0) is 49.9 Å². The van der Waals surface area contributed by atoms with Crippen LogP contribution in [0.25, 0.3) is 16.7 Å². The van der Waals surface area contributed by atoms with E-state index in [-0.39, 0.29) is 0 Å². The van der Waals surface area contributed by atoms with Gasteiger partial charge in [0.05, 0.1) is 5.52 Å². The fourth-order valence-corrected chi connectivity index (χ4v) is 5.81. The molecule has 1 aliphatic heterocycles. The number of aromatic nitrogens is 3. The van der Waals surface area contributed by atoms with Crippen LogP contribution in [0.3, 0.4) is 0 Å². The lowest BCUT2D eigenvalue weighted by Crippen LogP contribution is -2.37. The summed E-state index contributed by atoms with van der Waals surface area (Å²) in [7, 11) is -0.719. The molecular weight excluding hydrogens is 416 g/mol. The zero-order chi connectivity index (χ0) is 22.5. The van der Waals surface area contributed by atoms with Crippen LogP contribution in [0, 0.1) is 12.8 Å². The second-order valence-electron chi connectivity index (χ2n) is 9.29. The molecular formula is C26H36N4OS. The monoisotopic (exact) mass is 452 g/mol. The van der Waals surface area contributed by atoms with E-state index in [1.54, 1.807) is 6.20 Å². The molecule has 1 aliphatic carbocycles. The summed E-state index contributed by atoms with van der Waals surface area (Å²) >= 11 is 0. The molecule has 1 unspecified atom stereocenters. The summed E-state index contributed by atoms with van der Waals surface area (Å²) in [4.78, 5) is 11.1. The molecule has 3 heterocycles. The molecule has 2 aromatic heterocycles. The molecule has 0 N–H and O–H groups in total. The number of anilines is 1. The molecule has 0 amide bonds. The van der Waals surface area contributed by atoms with E-state index in [2.05, 4.69) is 56.8 Å². The van der Waals surface area contributed by atoms with Gasteiger partial charge in [-0.1, -0.05) is 45.1 Å². The average Bonchev–Trinajstić information content (AvgIpc) is 3.24. The molecule has 1 saturated carbocycles. The largest absolute Gasteiger partial charge is 0.371 e. The Morgan fingerprint density at radius 2 is 1.75 bits per heavy atom. The van der Waals surface area contributed by atoms with Crippen molar-refractivity contribution < 1.29 is 4.21 Å². The molecule has 0 spiro atoms.